The molecule has 96 valence electrons. The number of hydrogen-bond donors (Lipinski definition) is 1. The first kappa shape index (κ1) is 13.9. The molecule has 3 heteroatoms. The first-order valence-electron chi connectivity index (χ1n) is 6.65. The Balaban J connectivity index is 2.62. The smallest absolute Gasteiger partial charge is 0.0303 e. The Hall–Kier alpha value is -0.120. The maximum Gasteiger partial charge on any atom is 0.0303 e. The molecule has 0 bridgehead atoms. The predicted octanol–water partition coefficient (Wildman–Crippen LogP) is 1.53. The normalized spacial score (nSPS) is 27.0. The first-order valence-corrected chi connectivity index (χ1v) is 6.65. The average molecular weight is 227 g/mol. The fraction of sp³-hybridized carbons (Fsp3) is 1.00. The zero-order chi connectivity index (χ0) is 12.2. The summed E-state index contributed by atoms with van der Waals surface area (Å²) in [5.74, 6) is 0. The molecule has 0 aromatic heterocycles. The van der Waals surface area contributed by atoms with Gasteiger partial charge in [-0.2, -0.15) is 0 Å². The number of piperidine rings is 1. The van der Waals surface area contributed by atoms with Gasteiger partial charge in [-0.15, -0.1) is 0 Å². The Morgan fingerprint density at radius 2 is 2.19 bits per heavy atom. The summed E-state index contributed by atoms with van der Waals surface area (Å²) in [6, 6.07) is 0.679. The first-order chi connectivity index (χ1) is 7.53. The van der Waals surface area contributed by atoms with Crippen LogP contribution in [0.3, 0.4) is 0 Å². The van der Waals surface area contributed by atoms with E-state index in [2.05, 4.69) is 37.7 Å². The monoisotopic (exact) mass is 227 g/mol. The molecule has 1 rings (SSSR count). The number of likely N-dealkylation sites (tertiary alicyclic amines) is 1. The topological polar surface area (TPSA) is 32.5 Å². The fourth-order valence-corrected chi connectivity index (χ4v) is 2.86. The van der Waals surface area contributed by atoms with Gasteiger partial charge < -0.3 is 10.6 Å². The van der Waals surface area contributed by atoms with E-state index in [1.807, 2.05) is 0 Å². The highest BCUT2D eigenvalue weighted by molar-refractivity contribution is 4.91. The van der Waals surface area contributed by atoms with Crippen molar-refractivity contribution in [3.05, 3.63) is 0 Å². The van der Waals surface area contributed by atoms with Crippen molar-refractivity contribution in [1.82, 2.24) is 9.80 Å². The lowest BCUT2D eigenvalue weighted by molar-refractivity contribution is 0.0431. The average Bonchev–Trinajstić information content (AvgIpc) is 2.28. The molecule has 0 spiro atoms. The minimum atomic E-state index is 0.178. The molecule has 2 N–H and O–H groups in total. The van der Waals surface area contributed by atoms with E-state index in [1.165, 1.54) is 38.8 Å². The van der Waals surface area contributed by atoms with Crippen LogP contribution in [0, 0.1) is 0 Å². The van der Waals surface area contributed by atoms with E-state index in [9.17, 15) is 0 Å². The molecule has 1 aliphatic rings. The molecule has 2 unspecified atom stereocenters. The quantitative estimate of drug-likeness (QED) is 0.773. The molecule has 0 aromatic rings. The van der Waals surface area contributed by atoms with Gasteiger partial charge in [-0.3, -0.25) is 4.90 Å². The minimum absolute atomic E-state index is 0.178. The summed E-state index contributed by atoms with van der Waals surface area (Å²) in [6.45, 7) is 7.75. The maximum absolute atomic E-state index is 5.98. The van der Waals surface area contributed by atoms with E-state index in [0.29, 0.717) is 6.04 Å². The molecule has 0 saturated carbocycles. The van der Waals surface area contributed by atoms with E-state index >= 15 is 0 Å². The standard InChI is InChI=1S/C13H29N3/c1-5-8-13(2,11-14)16(4)12-7-6-9-15(3)10-12/h12H,5-11,14H2,1-4H3. The van der Waals surface area contributed by atoms with Gasteiger partial charge in [0.25, 0.3) is 0 Å². The Bertz CT molecular complexity index is 207. The van der Waals surface area contributed by atoms with Gasteiger partial charge in [0.2, 0.25) is 0 Å². The second kappa shape index (κ2) is 5.99. The zero-order valence-electron chi connectivity index (χ0n) is 11.5. The second-order valence-corrected chi connectivity index (χ2v) is 5.62. The number of nitrogens with two attached hydrogens (primary N) is 1. The van der Waals surface area contributed by atoms with Gasteiger partial charge in [-0.25, -0.2) is 0 Å². The highest BCUT2D eigenvalue weighted by Crippen LogP contribution is 2.25. The predicted molar refractivity (Wildman–Crippen MR) is 70.6 cm³/mol. The molecule has 3 nitrogen and oxygen atoms in total. The number of likely N-dealkylation sites (N-methyl/N-ethyl adjacent to an activating group) is 2. The number of hydrogen-bond acceptors (Lipinski definition) is 3. The summed E-state index contributed by atoms with van der Waals surface area (Å²) in [5, 5.41) is 0. The third-order valence-corrected chi connectivity index (χ3v) is 4.23. The summed E-state index contributed by atoms with van der Waals surface area (Å²) in [7, 11) is 4.48. The molecule has 1 saturated heterocycles. The van der Waals surface area contributed by atoms with Crippen molar-refractivity contribution in [1.29, 1.82) is 0 Å². The zero-order valence-corrected chi connectivity index (χ0v) is 11.5. The molecule has 0 aliphatic carbocycles. The van der Waals surface area contributed by atoms with Gasteiger partial charge in [-0.05, 0) is 46.8 Å². The van der Waals surface area contributed by atoms with E-state index in [1.54, 1.807) is 0 Å². The van der Waals surface area contributed by atoms with Crippen LogP contribution >= 0.6 is 0 Å². The third kappa shape index (κ3) is 3.19. The second-order valence-electron chi connectivity index (χ2n) is 5.62. The Kier molecular flexibility index (Phi) is 5.22. The Morgan fingerprint density at radius 1 is 1.50 bits per heavy atom. The molecule has 0 radical (unpaired) electrons. The molecule has 2 atom stereocenters. The van der Waals surface area contributed by atoms with Crippen molar-refractivity contribution in [2.75, 3.05) is 33.7 Å². The molecule has 1 heterocycles. The van der Waals surface area contributed by atoms with Crippen molar-refractivity contribution in [2.24, 2.45) is 5.73 Å². The lowest BCUT2D eigenvalue weighted by Gasteiger charge is -2.46. The third-order valence-electron chi connectivity index (χ3n) is 4.23. The molecule has 0 amide bonds. The van der Waals surface area contributed by atoms with Crippen molar-refractivity contribution in [2.45, 2.75) is 51.1 Å². The lowest BCUT2D eigenvalue weighted by Crippen LogP contribution is -2.57. The minimum Gasteiger partial charge on any atom is -0.329 e. The molecule has 1 fully saturated rings. The number of rotatable bonds is 5. The van der Waals surface area contributed by atoms with Crippen LogP contribution in [0.15, 0.2) is 0 Å². The lowest BCUT2D eigenvalue weighted by atomic mass is 9.91. The molecular weight excluding hydrogens is 198 g/mol. The van der Waals surface area contributed by atoms with E-state index in [4.69, 9.17) is 5.73 Å². The van der Waals surface area contributed by atoms with Gasteiger partial charge in [0.1, 0.15) is 0 Å². The molecule has 16 heavy (non-hydrogen) atoms. The van der Waals surface area contributed by atoms with E-state index < -0.39 is 0 Å². The largest absolute Gasteiger partial charge is 0.329 e. The van der Waals surface area contributed by atoms with Crippen LogP contribution in [-0.2, 0) is 0 Å². The van der Waals surface area contributed by atoms with Crippen LogP contribution in [0.2, 0.25) is 0 Å². The summed E-state index contributed by atoms with van der Waals surface area (Å²) >= 11 is 0. The van der Waals surface area contributed by atoms with Crippen LogP contribution < -0.4 is 5.73 Å². The Labute approximate surface area is 101 Å². The molecular formula is C13H29N3. The van der Waals surface area contributed by atoms with Gasteiger partial charge in [0.15, 0.2) is 0 Å². The molecule has 1 aliphatic heterocycles. The summed E-state index contributed by atoms with van der Waals surface area (Å²) in [5.41, 5.74) is 6.16. The van der Waals surface area contributed by atoms with Crippen molar-refractivity contribution in [3.8, 4) is 0 Å². The van der Waals surface area contributed by atoms with Crippen LogP contribution in [0.25, 0.3) is 0 Å². The highest BCUT2D eigenvalue weighted by atomic mass is 15.3. The van der Waals surface area contributed by atoms with Gasteiger partial charge in [0.05, 0.1) is 0 Å². The van der Waals surface area contributed by atoms with E-state index in [-0.39, 0.29) is 5.54 Å². The maximum atomic E-state index is 5.98. The van der Waals surface area contributed by atoms with Crippen LogP contribution in [0.5, 0.6) is 0 Å². The van der Waals surface area contributed by atoms with Gasteiger partial charge in [0, 0.05) is 24.7 Å². The SMILES string of the molecule is CCCC(C)(CN)N(C)C1CCCN(C)C1. The van der Waals surface area contributed by atoms with Gasteiger partial charge >= 0.3 is 0 Å². The summed E-state index contributed by atoms with van der Waals surface area (Å²) in [4.78, 5) is 4.97. The van der Waals surface area contributed by atoms with Crippen LogP contribution in [0.4, 0.5) is 0 Å². The molecule has 0 aromatic carbocycles. The van der Waals surface area contributed by atoms with Crippen molar-refractivity contribution in [3.63, 3.8) is 0 Å². The van der Waals surface area contributed by atoms with Crippen LogP contribution in [0.1, 0.15) is 39.5 Å². The summed E-state index contributed by atoms with van der Waals surface area (Å²) < 4.78 is 0. The number of nitrogens with zero attached hydrogens (tertiary/aromatic N) is 2. The summed E-state index contributed by atoms with van der Waals surface area (Å²) in [6.07, 6.45) is 5.04. The highest BCUT2D eigenvalue weighted by Gasteiger charge is 2.33. The van der Waals surface area contributed by atoms with Crippen LogP contribution in [-0.4, -0.2) is 55.1 Å². The fourth-order valence-electron chi connectivity index (χ4n) is 2.86. The van der Waals surface area contributed by atoms with Crippen molar-refractivity contribution >= 4 is 0 Å². The van der Waals surface area contributed by atoms with Crippen molar-refractivity contribution < 1.29 is 0 Å². The Morgan fingerprint density at radius 3 is 2.69 bits per heavy atom. The van der Waals surface area contributed by atoms with Gasteiger partial charge in [-0.1, -0.05) is 13.3 Å². The van der Waals surface area contributed by atoms with E-state index in [0.717, 1.165) is 6.54 Å².